The van der Waals surface area contributed by atoms with Gasteiger partial charge < -0.3 is 15.5 Å². The van der Waals surface area contributed by atoms with Crippen LogP contribution in [0.2, 0.25) is 0 Å². The molecule has 1 saturated heterocycles. The summed E-state index contributed by atoms with van der Waals surface area (Å²) in [4.78, 5) is 20.0. The molecule has 0 bridgehead atoms. The maximum atomic E-state index is 13.6. The molecule has 3 heterocycles. The van der Waals surface area contributed by atoms with Gasteiger partial charge in [-0.25, -0.2) is 9.37 Å². The van der Waals surface area contributed by atoms with Gasteiger partial charge in [0.05, 0.1) is 11.0 Å². The number of hydrogen-bond donors (Lipinski definition) is 3. The van der Waals surface area contributed by atoms with Gasteiger partial charge in [-0.15, -0.1) is 0 Å². The Labute approximate surface area is 219 Å². The van der Waals surface area contributed by atoms with Gasteiger partial charge in [-0.05, 0) is 93.6 Å². The summed E-state index contributed by atoms with van der Waals surface area (Å²) in [5.41, 5.74) is 4.54. The first-order valence-electron chi connectivity index (χ1n) is 12.7. The summed E-state index contributed by atoms with van der Waals surface area (Å²) in [5, 5.41) is 13.8. The smallest absolute Gasteiger partial charge is 0.256 e. The number of aromatic nitrogens is 4. The quantitative estimate of drug-likeness (QED) is 0.289. The Hall–Kier alpha value is -4.50. The zero-order valence-electron chi connectivity index (χ0n) is 21.0. The van der Waals surface area contributed by atoms with Crippen molar-refractivity contribution in [2.24, 2.45) is 0 Å². The number of aromatic amines is 1. The number of benzene rings is 3. The Balaban J connectivity index is 1.20. The van der Waals surface area contributed by atoms with Crippen LogP contribution in [-0.4, -0.2) is 56.7 Å². The van der Waals surface area contributed by atoms with E-state index in [1.807, 2.05) is 53.1 Å². The van der Waals surface area contributed by atoms with Gasteiger partial charge in [0.1, 0.15) is 17.3 Å². The summed E-state index contributed by atoms with van der Waals surface area (Å²) in [6.07, 6.45) is 2.21. The van der Waals surface area contributed by atoms with E-state index in [9.17, 15) is 9.18 Å². The highest BCUT2D eigenvalue weighted by atomic mass is 19.1. The lowest BCUT2D eigenvalue weighted by atomic mass is 10.0. The average Bonchev–Trinajstić information content (AvgIpc) is 3.55. The number of piperidine rings is 1. The Bertz CT molecular complexity index is 1570. The van der Waals surface area contributed by atoms with E-state index in [1.54, 1.807) is 18.2 Å². The molecular weight excluding hydrogens is 481 g/mol. The Morgan fingerprint density at radius 3 is 2.50 bits per heavy atom. The number of fused-ring (bicyclic) bond motifs is 1. The van der Waals surface area contributed by atoms with Crippen LogP contribution in [0.25, 0.3) is 28.2 Å². The molecule has 6 rings (SSSR count). The van der Waals surface area contributed by atoms with E-state index >= 15 is 0 Å². The molecule has 9 heteroatoms. The van der Waals surface area contributed by atoms with Crippen molar-refractivity contribution in [3.05, 3.63) is 90.2 Å². The fourth-order valence-electron chi connectivity index (χ4n) is 4.85. The van der Waals surface area contributed by atoms with E-state index < -0.39 is 0 Å². The van der Waals surface area contributed by atoms with Gasteiger partial charge in [0, 0.05) is 29.0 Å². The van der Waals surface area contributed by atoms with Gasteiger partial charge in [0.25, 0.3) is 5.91 Å². The van der Waals surface area contributed by atoms with Crippen molar-refractivity contribution in [1.82, 2.24) is 24.6 Å². The Morgan fingerprint density at radius 1 is 1.00 bits per heavy atom. The number of amides is 1. The molecule has 1 fully saturated rings. The van der Waals surface area contributed by atoms with E-state index in [0.717, 1.165) is 48.3 Å². The van der Waals surface area contributed by atoms with E-state index in [1.165, 1.54) is 12.1 Å². The predicted molar refractivity (Wildman–Crippen MR) is 147 cm³/mol. The standard InChI is InChI=1S/C29H28FN7O/c1-36-16-14-22(15-17-36)31-21-10-6-19(7-11-21)29(38)33-27-18-25(34-35-27)28-32-24-4-2-3-5-26(24)37(28)23-12-8-20(30)9-13-23/h2-13,18,22,31H,14-17H2,1H3,(H2,33,34,35,38). The van der Waals surface area contributed by atoms with Crippen LogP contribution in [0.1, 0.15) is 23.2 Å². The van der Waals surface area contributed by atoms with Crippen LogP contribution in [0.4, 0.5) is 15.9 Å². The van der Waals surface area contributed by atoms with Gasteiger partial charge in [-0.1, -0.05) is 12.1 Å². The molecule has 0 saturated carbocycles. The minimum absolute atomic E-state index is 0.238. The molecule has 1 aliphatic rings. The fourth-order valence-corrected chi connectivity index (χ4v) is 4.85. The zero-order chi connectivity index (χ0) is 26.1. The van der Waals surface area contributed by atoms with E-state index in [0.29, 0.717) is 28.9 Å². The van der Waals surface area contributed by atoms with Crippen LogP contribution in [0.15, 0.2) is 78.9 Å². The molecule has 3 N–H and O–H groups in total. The number of carbonyl (C=O) groups is 1. The lowest BCUT2D eigenvalue weighted by Gasteiger charge is -2.30. The summed E-state index contributed by atoms with van der Waals surface area (Å²) in [7, 11) is 2.15. The van der Waals surface area contributed by atoms with Crippen molar-refractivity contribution in [3.63, 3.8) is 0 Å². The maximum absolute atomic E-state index is 13.6. The summed E-state index contributed by atoms with van der Waals surface area (Å²) in [5.74, 6) is 0.489. The van der Waals surface area contributed by atoms with Crippen LogP contribution in [0.5, 0.6) is 0 Å². The molecule has 0 spiro atoms. The molecule has 0 unspecified atom stereocenters. The topological polar surface area (TPSA) is 90.9 Å². The molecule has 0 atom stereocenters. The highest BCUT2D eigenvalue weighted by Crippen LogP contribution is 2.29. The first-order chi connectivity index (χ1) is 18.5. The molecule has 192 valence electrons. The zero-order valence-corrected chi connectivity index (χ0v) is 21.0. The van der Waals surface area contributed by atoms with Crippen molar-refractivity contribution >= 4 is 28.4 Å². The highest BCUT2D eigenvalue weighted by Gasteiger charge is 2.19. The number of nitrogens with one attached hydrogen (secondary N) is 3. The highest BCUT2D eigenvalue weighted by molar-refractivity contribution is 6.04. The minimum atomic E-state index is -0.310. The molecule has 3 aromatic carbocycles. The predicted octanol–water partition coefficient (Wildman–Crippen LogP) is 5.31. The maximum Gasteiger partial charge on any atom is 0.256 e. The molecule has 38 heavy (non-hydrogen) atoms. The second-order valence-corrected chi connectivity index (χ2v) is 9.66. The number of nitrogens with zero attached hydrogens (tertiary/aromatic N) is 4. The number of hydrogen-bond acceptors (Lipinski definition) is 5. The number of anilines is 2. The number of H-pyrrole nitrogens is 1. The fraction of sp³-hybridized carbons (Fsp3) is 0.207. The van der Waals surface area contributed by atoms with E-state index in [-0.39, 0.29) is 11.7 Å². The van der Waals surface area contributed by atoms with Crippen molar-refractivity contribution < 1.29 is 9.18 Å². The van der Waals surface area contributed by atoms with E-state index in [2.05, 4.69) is 32.8 Å². The summed E-state index contributed by atoms with van der Waals surface area (Å²) >= 11 is 0. The van der Waals surface area contributed by atoms with Crippen LogP contribution in [0.3, 0.4) is 0 Å². The number of rotatable bonds is 6. The molecular formula is C29H28FN7O. The summed E-state index contributed by atoms with van der Waals surface area (Å²) in [6, 6.07) is 23.7. The number of carbonyl (C=O) groups excluding carboxylic acids is 1. The SMILES string of the molecule is CN1CCC(Nc2ccc(C(=O)Nc3cc(-c4nc5ccccc5n4-c4ccc(F)cc4)n[nH]3)cc2)CC1. The molecule has 5 aromatic rings. The second-order valence-electron chi connectivity index (χ2n) is 9.66. The molecule has 1 amide bonds. The van der Waals surface area contributed by atoms with Crippen LogP contribution in [0, 0.1) is 5.82 Å². The van der Waals surface area contributed by atoms with Crippen molar-refractivity contribution in [2.45, 2.75) is 18.9 Å². The summed E-state index contributed by atoms with van der Waals surface area (Å²) in [6.45, 7) is 2.18. The number of likely N-dealkylation sites (tertiary alicyclic amines) is 1. The van der Waals surface area contributed by atoms with Crippen molar-refractivity contribution in [1.29, 1.82) is 0 Å². The van der Waals surface area contributed by atoms with Gasteiger partial charge >= 0.3 is 0 Å². The first-order valence-corrected chi connectivity index (χ1v) is 12.7. The molecule has 2 aromatic heterocycles. The van der Waals surface area contributed by atoms with Crippen LogP contribution >= 0.6 is 0 Å². The first kappa shape index (κ1) is 23.9. The lowest BCUT2D eigenvalue weighted by Crippen LogP contribution is -2.36. The lowest BCUT2D eigenvalue weighted by molar-refractivity contribution is 0.102. The average molecular weight is 510 g/mol. The molecule has 1 aliphatic heterocycles. The van der Waals surface area contributed by atoms with Crippen LogP contribution < -0.4 is 10.6 Å². The van der Waals surface area contributed by atoms with Gasteiger partial charge in [0.15, 0.2) is 5.82 Å². The third kappa shape index (κ3) is 4.88. The second kappa shape index (κ2) is 10.1. The minimum Gasteiger partial charge on any atom is -0.382 e. The van der Waals surface area contributed by atoms with Gasteiger partial charge in [-0.2, -0.15) is 5.10 Å². The third-order valence-electron chi connectivity index (χ3n) is 6.94. The monoisotopic (exact) mass is 509 g/mol. The van der Waals surface area contributed by atoms with Gasteiger partial charge in [0.2, 0.25) is 0 Å². The van der Waals surface area contributed by atoms with Gasteiger partial charge in [-0.3, -0.25) is 14.5 Å². The normalized spacial score (nSPS) is 14.6. The molecule has 0 radical (unpaired) electrons. The Morgan fingerprint density at radius 2 is 1.74 bits per heavy atom. The number of imidazole rings is 1. The number of para-hydroxylation sites is 2. The largest absolute Gasteiger partial charge is 0.382 e. The molecule has 8 nitrogen and oxygen atoms in total. The summed E-state index contributed by atoms with van der Waals surface area (Å²) < 4.78 is 15.5. The Kier molecular flexibility index (Phi) is 6.35. The third-order valence-corrected chi connectivity index (χ3v) is 6.94. The number of halogens is 1. The molecule has 0 aliphatic carbocycles. The van der Waals surface area contributed by atoms with Crippen molar-refractivity contribution in [2.75, 3.05) is 30.8 Å². The van der Waals surface area contributed by atoms with Crippen LogP contribution in [-0.2, 0) is 0 Å². The van der Waals surface area contributed by atoms with Crippen molar-refractivity contribution in [3.8, 4) is 17.2 Å². The van der Waals surface area contributed by atoms with E-state index in [4.69, 9.17) is 4.98 Å².